The predicted molar refractivity (Wildman–Crippen MR) is 72.8 cm³/mol. The highest BCUT2D eigenvalue weighted by atomic mass is 16.5. The van der Waals surface area contributed by atoms with Crippen LogP contribution in [0, 0.1) is 12.3 Å². The van der Waals surface area contributed by atoms with Crippen molar-refractivity contribution in [3.63, 3.8) is 0 Å². The Bertz CT molecular complexity index is 398. The highest BCUT2D eigenvalue weighted by molar-refractivity contribution is 5.58. The highest BCUT2D eigenvalue weighted by Crippen LogP contribution is 2.39. The molecule has 0 heterocycles. The lowest BCUT2D eigenvalue weighted by Crippen LogP contribution is -2.18. The first kappa shape index (κ1) is 12.3. The van der Waals surface area contributed by atoms with Crippen molar-refractivity contribution in [3.05, 3.63) is 23.8 Å². The average molecular weight is 233 g/mol. The number of benzene rings is 1. The van der Waals surface area contributed by atoms with Crippen LogP contribution in [0.5, 0.6) is 5.75 Å². The van der Waals surface area contributed by atoms with Crippen LogP contribution >= 0.6 is 0 Å². The third-order valence-corrected chi connectivity index (χ3v) is 3.68. The number of rotatable bonds is 3. The standard InChI is InChI=1S/C15H23NO/c1-11-5-6-14(17-4)13(9-11)16-12-7-8-15(2,3)10-12/h5-6,9,12,16H,7-8,10H2,1-4H3. The number of nitrogens with one attached hydrogen (secondary N) is 1. The SMILES string of the molecule is COc1ccc(C)cc1NC1CCC(C)(C)C1. The molecule has 0 spiro atoms. The molecule has 0 aliphatic heterocycles. The van der Waals surface area contributed by atoms with E-state index in [1.807, 2.05) is 6.07 Å². The summed E-state index contributed by atoms with van der Waals surface area (Å²) in [6.07, 6.45) is 3.80. The molecule has 2 heteroatoms. The molecule has 0 radical (unpaired) electrons. The first-order valence-electron chi connectivity index (χ1n) is 6.41. The molecule has 1 aliphatic rings. The van der Waals surface area contributed by atoms with E-state index in [4.69, 9.17) is 4.74 Å². The van der Waals surface area contributed by atoms with E-state index in [-0.39, 0.29) is 0 Å². The van der Waals surface area contributed by atoms with Gasteiger partial charge in [-0.15, -0.1) is 0 Å². The second-order valence-corrected chi connectivity index (χ2v) is 5.95. The van der Waals surface area contributed by atoms with Crippen molar-refractivity contribution >= 4 is 5.69 Å². The Hall–Kier alpha value is -1.18. The van der Waals surface area contributed by atoms with Crippen LogP contribution in [0.2, 0.25) is 0 Å². The number of ether oxygens (including phenoxy) is 1. The molecule has 0 saturated heterocycles. The smallest absolute Gasteiger partial charge is 0.141 e. The van der Waals surface area contributed by atoms with Gasteiger partial charge in [0.2, 0.25) is 0 Å². The number of methoxy groups -OCH3 is 1. The zero-order chi connectivity index (χ0) is 12.5. The second-order valence-electron chi connectivity index (χ2n) is 5.95. The topological polar surface area (TPSA) is 21.3 Å². The third-order valence-electron chi connectivity index (χ3n) is 3.68. The minimum absolute atomic E-state index is 0.481. The minimum atomic E-state index is 0.481. The van der Waals surface area contributed by atoms with Crippen LogP contribution in [0.25, 0.3) is 0 Å². The molecular weight excluding hydrogens is 210 g/mol. The van der Waals surface area contributed by atoms with Gasteiger partial charge in [0.15, 0.2) is 0 Å². The van der Waals surface area contributed by atoms with Crippen molar-refractivity contribution in [3.8, 4) is 5.75 Å². The van der Waals surface area contributed by atoms with Gasteiger partial charge < -0.3 is 10.1 Å². The molecule has 0 aromatic heterocycles. The largest absolute Gasteiger partial charge is 0.495 e. The van der Waals surface area contributed by atoms with Crippen LogP contribution in [0.4, 0.5) is 5.69 Å². The molecule has 0 bridgehead atoms. The molecule has 1 N–H and O–H groups in total. The van der Waals surface area contributed by atoms with Crippen molar-refractivity contribution in [1.82, 2.24) is 0 Å². The maximum atomic E-state index is 5.40. The normalized spacial score (nSPS) is 22.5. The zero-order valence-electron chi connectivity index (χ0n) is 11.3. The Morgan fingerprint density at radius 2 is 2.12 bits per heavy atom. The Labute approximate surface area is 104 Å². The molecule has 0 amide bonds. The fourth-order valence-corrected chi connectivity index (χ4v) is 2.71. The van der Waals surface area contributed by atoms with E-state index in [0.717, 1.165) is 11.4 Å². The Balaban J connectivity index is 2.11. The van der Waals surface area contributed by atoms with E-state index in [0.29, 0.717) is 11.5 Å². The van der Waals surface area contributed by atoms with E-state index in [1.54, 1.807) is 7.11 Å². The summed E-state index contributed by atoms with van der Waals surface area (Å²) in [5.41, 5.74) is 2.88. The zero-order valence-corrected chi connectivity index (χ0v) is 11.3. The van der Waals surface area contributed by atoms with Gasteiger partial charge >= 0.3 is 0 Å². The first-order valence-corrected chi connectivity index (χ1v) is 6.41. The molecule has 1 saturated carbocycles. The molecule has 1 fully saturated rings. The van der Waals surface area contributed by atoms with Gasteiger partial charge in [0.05, 0.1) is 12.8 Å². The molecular formula is C15H23NO. The number of aryl methyl sites for hydroxylation is 1. The lowest BCUT2D eigenvalue weighted by Gasteiger charge is -2.20. The summed E-state index contributed by atoms with van der Waals surface area (Å²) >= 11 is 0. The number of anilines is 1. The van der Waals surface area contributed by atoms with Crippen molar-refractivity contribution in [1.29, 1.82) is 0 Å². The summed E-state index contributed by atoms with van der Waals surface area (Å²) in [5.74, 6) is 0.945. The maximum absolute atomic E-state index is 5.40. The summed E-state index contributed by atoms with van der Waals surface area (Å²) in [6, 6.07) is 6.88. The van der Waals surface area contributed by atoms with Crippen LogP contribution in [0.15, 0.2) is 18.2 Å². The van der Waals surface area contributed by atoms with Crippen LogP contribution in [0.3, 0.4) is 0 Å². The van der Waals surface area contributed by atoms with E-state index in [1.165, 1.54) is 24.8 Å². The molecule has 1 aromatic carbocycles. The van der Waals surface area contributed by atoms with Gasteiger partial charge in [-0.2, -0.15) is 0 Å². The molecule has 1 aromatic rings. The van der Waals surface area contributed by atoms with Gasteiger partial charge in [-0.05, 0) is 49.3 Å². The molecule has 2 nitrogen and oxygen atoms in total. The third kappa shape index (κ3) is 2.93. The summed E-state index contributed by atoms with van der Waals surface area (Å²) in [4.78, 5) is 0. The maximum Gasteiger partial charge on any atom is 0.141 e. The Kier molecular flexibility index (Phi) is 3.32. The van der Waals surface area contributed by atoms with Gasteiger partial charge in [0.1, 0.15) is 5.75 Å². The molecule has 94 valence electrons. The fraction of sp³-hybridized carbons (Fsp3) is 0.600. The molecule has 17 heavy (non-hydrogen) atoms. The number of hydrogen-bond donors (Lipinski definition) is 1. The summed E-state index contributed by atoms with van der Waals surface area (Å²) < 4.78 is 5.40. The van der Waals surface area contributed by atoms with E-state index < -0.39 is 0 Å². The van der Waals surface area contributed by atoms with Gasteiger partial charge in [-0.3, -0.25) is 0 Å². The molecule has 1 aliphatic carbocycles. The Morgan fingerprint density at radius 1 is 1.35 bits per heavy atom. The molecule has 2 rings (SSSR count). The lowest BCUT2D eigenvalue weighted by atomic mass is 9.92. The van der Waals surface area contributed by atoms with Crippen molar-refractivity contribution < 1.29 is 4.74 Å². The van der Waals surface area contributed by atoms with Gasteiger partial charge in [-0.1, -0.05) is 19.9 Å². The van der Waals surface area contributed by atoms with Crippen molar-refractivity contribution in [2.45, 2.75) is 46.1 Å². The fourth-order valence-electron chi connectivity index (χ4n) is 2.71. The monoisotopic (exact) mass is 233 g/mol. The van der Waals surface area contributed by atoms with E-state index >= 15 is 0 Å². The minimum Gasteiger partial charge on any atom is -0.495 e. The summed E-state index contributed by atoms with van der Waals surface area (Å²) in [7, 11) is 1.73. The van der Waals surface area contributed by atoms with Crippen LogP contribution in [-0.2, 0) is 0 Å². The van der Waals surface area contributed by atoms with E-state index in [9.17, 15) is 0 Å². The first-order chi connectivity index (χ1) is 8.00. The summed E-state index contributed by atoms with van der Waals surface area (Å²) in [5, 5.41) is 3.63. The number of hydrogen-bond acceptors (Lipinski definition) is 2. The second kappa shape index (κ2) is 4.59. The average Bonchev–Trinajstić information content (AvgIpc) is 2.58. The van der Waals surface area contributed by atoms with Crippen molar-refractivity contribution in [2.24, 2.45) is 5.41 Å². The Morgan fingerprint density at radius 3 is 2.71 bits per heavy atom. The van der Waals surface area contributed by atoms with Gasteiger partial charge in [0, 0.05) is 6.04 Å². The van der Waals surface area contributed by atoms with Crippen LogP contribution in [-0.4, -0.2) is 13.2 Å². The van der Waals surface area contributed by atoms with Crippen LogP contribution in [0.1, 0.15) is 38.7 Å². The quantitative estimate of drug-likeness (QED) is 0.852. The molecule has 1 atom stereocenters. The van der Waals surface area contributed by atoms with Crippen molar-refractivity contribution in [2.75, 3.05) is 12.4 Å². The highest BCUT2D eigenvalue weighted by Gasteiger charge is 2.31. The predicted octanol–water partition coefficient (Wildman–Crippen LogP) is 3.99. The molecule has 1 unspecified atom stereocenters. The van der Waals surface area contributed by atoms with Crippen LogP contribution < -0.4 is 10.1 Å². The van der Waals surface area contributed by atoms with E-state index in [2.05, 4.69) is 38.2 Å². The lowest BCUT2D eigenvalue weighted by molar-refractivity contribution is 0.378. The summed E-state index contributed by atoms with van der Waals surface area (Å²) in [6.45, 7) is 6.81. The van der Waals surface area contributed by atoms with Gasteiger partial charge in [-0.25, -0.2) is 0 Å². The van der Waals surface area contributed by atoms with Gasteiger partial charge in [0.25, 0.3) is 0 Å².